The zero-order chi connectivity index (χ0) is 53.4. The number of carbonyl (C=O) groups excluding carboxylic acids is 1. The zero-order valence-corrected chi connectivity index (χ0v) is 49.9. The first-order valence-electron chi connectivity index (χ1n) is 33.2. The van der Waals surface area contributed by atoms with Crippen molar-refractivity contribution in [1.29, 1.82) is 0 Å². The maximum atomic E-state index is 12.5. The molecule has 0 rings (SSSR count). The molecule has 2 unspecified atom stereocenters. The molecule has 1 amide bonds. The van der Waals surface area contributed by atoms with Crippen LogP contribution in [0.25, 0.3) is 0 Å². The van der Waals surface area contributed by atoms with Gasteiger partial charge < -0.3 is 15.5 Å². The number of hydrogen-bond acceptors (Lipinski definition) is 3. The lowest BCUT2D eigenvalue weighted by Crippen LogP contribution is -2.45. The lowest BCUT2D eigenvalue weighted by atomic mass is 10.0. The highest BCUT2D eigenvalue weighted by atomic mass is 16.3. The Morgan fingerprint density at radius 1 is 0.338 bits per heavy atom. The molecular weight excluding hydrogens is 903 g/mol. The molecule has 0 spiro atoms. The first-order chi connectivity index (χ1) is 36.7. The summed E-state index contributed by atoms with van der Waals surface area (Å²) in [6, 6.07) is -0.626. The molecule has 0 aromatic heterocycles. The number of amides is 1. The van der Waals surface area contributed by atoms with Crippen LogP contribution in [0, 0.1) is 0 Å². The second kappa shape index (κ2) is 65.1. The van der Waals surface area contributed by atoms with Gasteiger partial charge in [-0.05, 0) is 64.2 Å². The van der Waals surface area contributed by atoms with Gasteiger partial charge in [-0.2, -0.15) is 0 Å². The molecule has 0 radical (unpaired) electrons. The van der Waals surface area contributed by atoms with E-state index in [-0.39, 0.29) is 12.5 Å². The maximum absolute atomic E-state index is 12.5. The highest BCUT2D eigenvalue weighted by molar-refractivity contribution is 5.76. The molecule has 0 aliphatic rings. The summed E-state index contributed by atoms with van der Waals surface area (Å²) in [6.07, 6.45) is 94.0. The molecule has 0 aromatic rings. The third-order valence-corrected chi connectivity index (χ3v) is 15.2. The van der Waals surface area contributed by atoms with Gasteiger partial charge >= 0.3 is 0 Å². The van der Waals surface area contributed by atoms with Crippen LogP contribution in [-0.2, 0) is 4.79 Å². The van der Waals surface area contributed by atoms with E-state index in [9.17, 15) is 15.0 Å². The van der Waals surface area contributed by atoms with E-state index in [1.807, 2.05) is 6.08 Å². The number of carbonyl (C=O) groups is 1. The molecule has 0 bridgehead atoms. The summed E-state index contributed by atoms with van der Waals surface area (Å²) in [4.78, 5) is 12.5. The summed E-state index contributed by atoms with van der Waals surface area (Å²) >= 11 is 0. The summed E-state index contributed by atoms with van der Waals surface area (Å²) in [5.74, 6) is -0.0601. The second-order valence-corrected chi connectivity index (χ2v) is 22.5. The third-order valence-electron chi connectivity index (χ3n) is 15.2. The minimum absolute atomic E-state index is 0.0601. The van der Waals surface area contributed by atoms with Gasteiger partial charge in [0.25, 0.3) is 0 Å². The van der Waals surface area contributed by atoms with Crippen LogP contribution in [0.5, 0.6) is 0 Å². The zero-order valence-electron chi connectivity index (χ0n) is 49.9. The number of hydrogen-bond donors (Lipinski definition) is 3. The first-order valence-corrected chi connectivity index (χ1v) is 33.2. The molecule has 4 nitrogen and oxygen atoms in total. The Bertz CT molecular complexity index is 1260. The van der Waals surface area contributed by atoms with Crippen LogP contribution in [0.15, 0.2) is 72.9 Å². The molecular formula is C70H129NO3. The predicted molar refractivity (Wildman–Crippen MR) is 331 cm³/mol. The fraction of sp³-hybridized carbons (Fsp3) is 0.814. The summed E-state index contributed by atoms with van der Waals surface area (Å²) in [6.45, 7) is 4.23. The van der Waals surface area contributed by atoms with Crippen molar-refractivity contribution in [2.24, 2.45) is 0 Å². The summed E-state index contributed by atoms with van der Waals surface area (Å²) in [5, 5.41) is 23.3. The van der Waals surface area contributed by atoms with Crippen LogP contribution < -0.4 is 5.32 Å². The maximum Gasteiger partial charge on any atom is 0.220 e. The van der Waals surface area contributed by atoms with Gasteiger partial charge in [0, 0.05) is 6.42 Å². The van der Waals surface area contributed by atoms with Crippen molar-refractivity contribution in [2.75, 3.05) is 6.61 Å². The Morgan fingerprint density at radius 3 is 0.892 bits per heavy atom. The molecule has 0 aromatic carbocycles. The monoisotopic (exact) mass is 1030 g/mol. The SMILES string of the molecule is CC/C=C\C/C=C\C/C=C\C/C=C\C/C=C\CCCCCCCCCCCCCCCCCCCC(=O)NC(CO)C(O)/C=C/CCCCCCCCCCCCCCCCCCCCCCCCCCCCC. The van der Waals surface area contributed by atoms with Crippen LogP contribution in [0.3, 0.4) is 0 Å². The minimum Gasteiger partial charge on any atom is -0.394 e. The van der Waals surface area contributed by atoms with E-state index in [0.717, 1.165) is 57.8 Å². The number of aliphatic hydroxyl groups is 2. The standard InChI is InChI=1S/C70H129NO3/c1-3-5-7-9-11-13-15-17-19-21-23-25-27-29-31-33-34-35-36-38-40-42-44-46-48-50-52-54-56-58-60-62-64-66-70(74)71-68(67-72)69(73)65-63-61-59-57-55-53-51-49-47-45-43-41-39-37-32-30-28-26-24-22-20-18-16-14-12-10-8-6-4-2/h5,7,11,13,17,19,23,25,29,31,63,65,68-69,72-73H,3-4,6,8-10,12,14-16,18,20-22,24,26-28,30,32-62,64,66-67H2,1-2H3,(H,71,74)/b7-5-,13-11-,19-17-,25-23-,31-29-,65-63+. The Hall–Kier alpha value is -2.17. The van der Waals surface area contributed by atoms with Crippen molar-refractivity contribution in [2.45, 2.75) is 360 Å². The molecule has 74 heavy (non-hydrogen) atoms. The fourth-order valence-electron chi connectivity index (χ4n) is 10.2. The normalized spacial score (nSPS) is 13.2. The van der Waals surface area contributed by atoms with E-state index in [1.54, 1.807) is 6.08 Å². The molecule has 4 heteroatoms. The van der Waals surface area contributed by atoms with Gasteiger partial charge in [-0.3, -0.25) is 4.79 Å². The molecule has 2 atom stereocenters. The summed E-state index contributed by atoms with van der Waals surface area (Å²) in [5.41, 5.74) is 0. The minimum atomic E-state index is -0.843. The van der Waals surface area contributed by atoms with E-state index >= 15 is 0 Å². The highest BCUT2D eigenvalue weighted by Crippen LogP contribution is 2.18. The summed E-state index contributed by atoms with van der Waals surface area (Å²) < 4.78 is 0. The molecule has 0 saturated carbocycles. The topological polar surface area (TPSA) is 69.6 Å². The van der Waals surface area contributed by atoms with Crippen molar-refractivity contribution in [3.8, 4) is 0 Å². The lowest BCUT2D eigenvalue weighted by Gasteiger charge is -2.20. The number of unbranched alkanes of at least 4 members (excludes halogenated alkanes) is 44. The largest absolute Gasteiger partial charge is 0.394 e. The molecule has 432 valence electrons. The Kier molecular flexibility index (Phi) is 63.2. The predicted octanol–water partition coefficient (Wildman–Crippen LogP) is 22.5. The van der Waals surface area contributed by atoms with Crippen LogP contribution in [0.4, 0.5) is 0 Å². The van der Waals surface area contributed by atoms with Gasteiger partial charge in [0.1, 0.15) is 0 Å². The molecule has 0 saturated heterocycles. The Balaban J connectivity index is 3.46. The van der Waals surface area contributed by atoms with Crippen LogP contribution in [0.1, 0.15) is 348 Å². The Labute approximate surface area is 463 Å². The molecule has 3 N–H and O–H groups in total. The fourth-order valence-corrected chi connectivity index (χ4v) is 10.2. The van der Waals surface area contributed by atoms with E-state index in [0.29, 0.717) is 6.42 Å². The number of allylic oxidation sites excluding steroid dienone is 11. The molecule has 0 aliphatic heterocycles. The number of rotatable bonds is 61. The van der Waals surface area contributed by atoms with Crippen molar-refractivity contribution in [1.82, 2.24) is 5.32 Å². The van der Waals surface area contributed by atoms with Gasteiger partial charge in [0.05, 0.1) is 18.8 Å². The van der Waals surface area contributed by atoms with E-state index in [4.69, 9.17) is 0 Å². The second-order valence-electron chi connectivity index (χ2n) is 22.5. The van der Waals surface area contributed by atoms with Crippen LogP contribution in [-0.4, -0.2) is 34.9 Å². The van der Waals surface area contributed by atoms with Crippen molar-refractivity contribution < 1.29 is 15.0 Å². The molecule has 0 heterocycles. The first kappa shape index (κ1) is 71.8. The van der Waals surface area contributed by atoms with Gasteiger partial charge in [0.15, 0.2) is 0 Å². The van der Waals surface area contributed by atoms with E-state index < -0.39 is 12.1 Å². The van der Waals surface area contributed by atoms with E-state index in [1.165, 1.54) is 270 Å². The number of aliphatic hydroxyl groups excluding tert-OH is 2. The van der Waals surface area contributed by atoms with Crippen LogP contribution in [0.2, 0.25) is 0 Å². The quantitative estimate of drug-likeness (QED) is 0.0420. The van der Waals surface area contributed by atoms with E-state index in [2.05, 4.69) is 79.9 Å². The Morgan fingerprint density at radius 2 is 0.595 bits per heavy atom. The van der Waals surface area contributed by atoms with Gasteiger partial charge in [-0.15, -0.1) is 0 Å². The number of nitrogens with one attached hydrogen (secondary N) is 1. The third kappa shape index (κ3) is 60.7. The average molecular weight is 1030 g/mol. The lowest BCUT2D eigenvalue weighted by molar-refractivity contribution is -0.123. The molecule has 0 aliphatic carbocycles. The molecule has 0 fully saturated rings. The highest BCUT2D eigenvalue weighted by Gasteiger charge is 2.18. The smallest absolute Gasteiger partial charge is 0.220 e. The van der Waals surface area contributed by atoms with Gasteiger partial charge in [-0.25, -0.2) is 0 Å². The van der Waals surface area contributed by atoms with Gasteiger partial charge in [0.2, 0.25) is 5.91 Å². The van der Waals surface area contributed by atoms with Crippen LogP contribution >= 0.6 is 0 Å². The van der Waals surface area contributed by atoms with Crippen molar-refractivity contribution in [3.63, 3.8) is 0 Å². The van der Waals surface area contributed by atoms with Crippen molar-refractivity contribution >= 4 is 5.91 Å². The average Bonchev–Trinajstić information content (AvgIpc) is 3.40. The summed E-state index contributed by atoms with van der Waals surface area (Å²) in [7, 11) is 0. The van der Waals surface area contributed by atoms with Gasteiger partial charge in [-0.1, -0.05) is 350 Å². The van der Waals surface area contributed by atoms with Crippen molar-refractivity contribution in [3.05, 3.63) is 72.9 Å².